The van der Waals surface area contributed by atoms with Crippen LogP contribution in [-0.2, 0) is 11.3 Å². The first-order valence-corrected chi connectivity index (χ1v) is 11.3. The molecule has 3 N–H and O–H groups in total. The number of benzene rings is 2. The number of carbonyl (C=O) groups excluding carboxylic acids is 2. The highest BCUT2D eigenvalue weighted by molar-refractivity contribution is 5.99. The van der Waals surface area contributed by atoms with E-state index in [0.29, 0.717) is 18.6 Å². The Balaban J connectivity index is 1.53. The Morgan fingerprint density at radius 1 is 1.27 bits per heavy atom. The lowest BCUT2D eigenvalue weighted by Gasteiger charge is -2.36. The zero-order valence-electron chi connectivity index (χ0n) is 18.9. The summed E-state index contributed by atoms with van der Waals surface area (Å²) in [4.78, 5) is 31.7. The Labute approximate surface area is 192 Å². The minimum atomic E-state index is -0.626. The Bertz CT molecular complexity index is 1100. The third-order valence-electron chi connectivity index (χ3n) is 6.61. The summed E-state index contributed by atoms with van der Waals surface area (Å²) in [6, 6.07) is 11.5. The number of hydrogen-bond acceptors (Lipinski definition) is 5. The van der Waals surface area contributed by atoms with Crippen molar-refractivity contribution in [2.24, 2.45) is 10.7 Å². The zero-order chi connectivity index (χ0) is 23.6. The number of nitrogens with zero attached hydrogens (tertiary/aromatic N) is 2. The van der Waals surface area contributed by atoms with E-state index in [4.69, 9.17) is 10.5 Å². The summed E-state index contributed by atoms with van der Waals surface area (Å²) >= 11 is 0. The molecule has 0 aliphatic carbocycles. The van der Waals surface area contributed by atoms with Gasteiger partial charge in [-0.1, -0.05) is 38.1 Å². The van der Waals surface area contributed by atoms with Crippen LogP contribution in [0.2, 0.25) is 0 Å². The van der Waals surface area contributed by atoms with Crippen LogP contribution >= 0.6 is 0 Å². The molecule has 2 amide bonds. The van der Waals surface area contributed by atoms with Gasteiger partial charge in [0.15, 0.2) is 5.96 Å². The topological polar surface area (TPSA) is 97.0 Å². The number of hydrogen-bond donors (Lipinski definition) is 2. The third-order valence-corrected chi connectivity index (χ3v) is 6.61. The van der Waals surface area contributed by atoms with Crippen molar-refractivity contribution in [3.8, 4) is 5.75 Å². The second-order valence-corrected chi connectivity index (χ2v) is 8.57. The van der Waals surface area contributed by atoms with Crippen molar-refractivity contribution in [2.75, 3.05) is 6.61 Å². The highest BCUT2D eigenvalue weighted by Gasteiger charge is 2.37. The molecule has 33 heavy (non-hydrogen) atoms. The van der Waals surface area contributed by atoms with Gasteiger partial charge in [-0.05, 0) is 36.6 Å². The molecule has 2 heterocycles. The molecule has 2 aliphatic rings. The van der Waals surface area contributed by atoms with Crippen LogP contribution in [0.15, 0.2) is 47.5 Å². The summed E-state index contributed by atoms with van der Waals surface area (Å²) in [5, 5.41) is 2.92. The molecule has 0 aromatic heterocycles. The molecule has 8 heteroatoms. The van der Waals surface area contributed by atoms with Crippen LogP contribution < -0.4 is 15.8 Å². The number of fused-ring (bicyclic) bond motifs is 1. The minimum absolute atomic E-state index is 0.0760. The summed E-state index contributed by atoms with van der Waals surface area (Å²) in [5.41, 5.74) is 7.05. The van der Waals surface area contributed by atoms with Crippen LogP contribution in [0.4, 0.5) is 4.39 Å². The molecule has 174 valence electrons. The Hall–Kier alpha value is -3.42. The molecule has 0 spiro atoms. The average molecular weight is 453 g/mol. The first kappa shape index (κ1) is 22.8. The summed E-state index contributed by atoms with van der Waals surface area (Å²) in [6.07, 6.45) is 2.31. The van der Waals surface area contributed by atoms with Gasteiger partial charge in [-0.15, -0.1) is 0 Å². The number of halogens is 1. The van der Waals surface area contributed by atoms with Crippen LogP contribution in [0.3, 0.4) is 0 Å². The molecule has 2 aromatic rings. The molecule has 0 bridgehead atoms. The highest BCUT2D eigenvalue weighted by Crippen LogP contribution is 2.32. The molecule has 0 saturated carbocycles. The third kappa shape index (κ3) is 4.55. The van der Waals surface area contributed by atoms with Gasteiger partial charge in [0.25, 0.3) is 5.91 Å². The van der Waals surface area contributed by atoms with E-state index in [9.17, 15) is 14.0 Å². The minimum Gasteiger partial charge on any atom is -0.493 e. The molecule has 0 radical (unpaired) electrons. The number of nitrogens with two attached hydrogens (primary N) is 1. The van der Waals surface area contributed by atoms with E-state index < -0.39 is 17.3 Å². The van der Waals surface area contributed by atoms with Crippen molar-refractivity contribution < 1.29 is 18.7 Å². The highest BCUT2D eigenvalue weighted by atomic mass is 19.1. The van der Waals surface area contributed by atoms with Gasteiger partial charge in [0.1, 0.15) is 11.6 Å². The standard InChI is InChI=1S/C25H29FN4O3/c1-3-25(4-2)14-22(31)30(24(27)29-25)15-16-9-10-19(26)18(13-16)23(32)28-20-11-12-33-21-8-6-5-7-17(20)21/h5-10,13,20H,3-4,11-12,14-15H2,1-2H3,(H2,27,29)(H,28,32)/t20-/m0/s1. The molecule has 0 saturated heterocycles. The molecular weight excluding hydrogens is 423 g/mol. The fraction of sp³-hybridized carbons (Fsp3) is 0.400. The van der Waals surface area contributed by atoms with Crippen molar-refractivity contribution in [2.45, 2.75) is 57.7 Å². The zero-order valence-corrected chi connectivity index (χ0v) is 18.9. The van der Waals surface area contributed by atoms with E-state index in [2.05, 4.69) is 10.3 Å². The van der Waals surface area contributed by atoms with Crippen LogP contribution in [0, 0.1) is 5.82 Å². The van der Waals surface area contributed by atoms with Crippen molar-refractivity contribution in [1.29, 1.82) is 0 Å². The van der Waals surface area contributed by atoms with Crippen LogP contribution in [0.1, 0.15) is 67.1 Å². The Morgan fingerprint density at radius 2 is 2.03 bits per heavy atom. The normalized spacial score (nSPS) is 19.4. The molecule has 1 atom stereocenters. The molecule has 2 aliphatic heterocycles. The van der Waals surface area contributed by atoms with Crippen LogP contribution in [0.25, 0.3) is 0 Å². The van der Waals surface area contributed by atoms with Crippen LogP contribution in [0.5, 0.6) is 5.75 Å². The number of carbonyl (C=O) groups is 2. The number of ether oxygens (including phenoxy) is 1. The molecular formula is C25H29FN4O3. The van der Waals surface area contributed by atoms with Gasteiger partial charge >= 0.3 is 0 Å². The first-order chi connectivity index (χ1) is 15.9. The molecule has 2 aromatic carbocycles. The van der Waals surface area contributed by atoms with Crippen molar-refractivity contribution in [3.63, 3.8) is 0 Å². The predicted molar refractivity (Wildman–Crippen MR) is 123 cm³/mol. The number of nitrogens with one attached hydrogen (secondary N) is 1. The molecule has 0 fully saturated rings. The molecule has 7 nitrogen and oxygen atoms in total. The number of guanidine groups is 1. The maximum atomic E-state index is 14.6. The van der Waals surface area contributed by atoms with E-state index >= 15 is 0 Å². The molecule has 0 unspecified atom stereocenters. The van der Waals surface area contributed by atoms with E-state index in [-0.39, 0.29) is 36.4 Å². The fourth-order valence-corrected chi connectivity index (χ4v) is 4.43. The lowest BCUT2D eigenvalue weighted by atomic mass is 9.88. The Kier molecular flexibility index (Phi) is 6.35. The summed E-state index contributed by atoms with van der Waals surface area (Å²) in [7, 11) is 0. The average Bonchev–Trinajstić information content (AvgIpc) is 2.82. The smallest absolute Gasteiger partial charge is 0.254 e. The number of amides is 2. The SMILES string of the molecule is CCC1(CC)CC(=O)N(Cc2ccc(F)c(C(=O)N[C@H]3CCOc4ccccc43)c2)C(N)=N1. The van der Waals surface area contributed by atoms with Gasteiger partial charge in [-0.25, -0.2) is 9.38 Å². The van der Waals surface area contributed by atoms with E-state index in [1.807, 2.05) is 38.1 Å². The second kappa shape index (κ2) is 9.21. The van der Waals surface area contributed by atoms with E-state index in [0.717, 1.165) is 24.2 Å². The van der Waals surface area contributed by atoms with Crippen molar-refractivity contribution in [3.05, 3.63) is 65.0 Å². The van der Waals surface area contributed by atoms with Gasteiger partial charge in [0.05, 0.1) is 36.7 Å². The summed E-state index contributed by atoms with van der Waals surface area (Å²) in [5.74, 6) is -0.390. The van der Waals surface area contributed by atoms with Gasteiger partial charge in [-0.3, -0.25) is 14.5 Å². The van der Waals surface area contributed by atoms with Gasteiger partial charge in [-0.2, -0.15) is 0 Å². The van der Waals surface area contributed by atoms with Crippen molar-refractivity contribution >= 4 is 17.8 Å². The maximum Gasteiger partial charge on any atom is 0.254 e. The largest absolute Gasteiger partial charge is 0.493 e. The monoisotopic (exact) mass is 452 g/mol. The fourth-order valence-electron chi connectivity index (χ4n) is 4.43. The lowest BCUT2D eigenvalue weighted by molar-refractivity contribution is -0.130. The quantitative estimate of drug-likeness (QED) is 0.699. The maximum absolute atomic E-state index is 14.6. The van der Waals surface area contributed by atoms with Gasteiger partial charge in [0.2, 0.25) is 5.91 Å². The van der Waals surface area contributed by atoms with Gasteiger partial charge < -0.3 is 15.8 Å². The predicted octanol–water partition coefficient (Wildman–Crippen LogP) is 3.69. The summed E-state index contributed by atoms with van der Waals surface area (Å²) in [6.45, 7) is 4.57. The first-order valence-electron chi connectivity index (χ1n) is 11.3. The van der Waals surface area contributed by atoms with Crippen molar-refractivity contribution in [1.82, 2.24) is 10.2 Å². The number of rotatable bonds is 6. The summed E-state index contributed by atoms with van der Waals surface area (Å²) < 4.78 is 20.2. The Morgan fingerprint density at radius 3 is 2.76 bits per heavy atom. The number of aliphatic imine (C=N–C) groups is 1. The second-order valence-electron chi connectivity index (χ2n) is 8.57. The van der Waals surface area contributed by atoms with Crippen LogP contribution in [-0.4, -0.2) is 34.8 Å². The van der Waals surface area contributed by atoms with E-state index in [1.54, 1.807) is 6.07 Å². The van der Waals surface area contributed by atoms with E-state index in [1.165, 1.54) is 17.0 Å². The molecule has 4 rings (SSSR count). The lowest BCUT2D eigenvalue weighted by Crippen LogP contribution is -2.50. The number of para-hydroxylation sites is 1. The van der Waals surface area contributed by atoms with Gasteiger partial charge in [0, 0.05) is 12.0 Å².